The molecule has 168 valence electrons. The molecule has 1 amide bonds. The van der Waals surface area contributed by atoms with Crippen molar-refractivity contribution in [2.24, 2.45) is 0 Å². The molecule has 0 spiro atoms. The molecule has 1 N–H and O–H groups in total. The fourth-order valence-corrected chi connectivity index (χ4v) is 4.49. The van der Waals surface area contributed by atoms with Gasteiger partial charge in [-0.25, -0.2) is 4.79 Å². The number of rotatable bonds is 7. The molecule has 33 heavy (non-hydrogen) atoms. The van der Waals surface area contributed by atoms with Gasteiger partial charge in [0.05, 0.1) is 13.2 Å². The van der Waals surface area contributed by atoms with E-state index in [1.807, 2.05) is 54.6 Å². The lowest BCUT2D eigenvalue weighted by Crippen LogP contribution is -2.26. The number of ether oxygens (including phenoxy) is 3. The zero-order valence-electron chi connectivity index (χ0n) is 18.4. The van der Waals surface area contributed by atoms with Crippen LogP contribution in [0.2, 0.25) is 0 Å². The van der Waals surface area contributed by atoms with E-state index in [1.165, 1.54) is 22.3 Å². The van der Waals surface area contributed by atoms with Crippen molar-refractivity contribution in [2.75, 3.05) is 26.4 Å². The van der Waals surface area contributed by atoms with Crippen molar-refractivity contribution in [3.8, 4) is 11.1 Å². The van der Waals surface area contributed by atoms with Crippen LogP contribution in [-0.2, 0) is 14.2 Å². The number of hydrogen-bond acceptors (Lipinski definition) is 4. The van der Waals surface area contributed by atoms with Crippen LogP contribution in [0, 0.1) is 0 Å². The van der Waals surface area contributed by atoms with Crippen molar-refractivity contribution in [3.63, 3.8) is 0 Å². The van der Waals surface area contributed by atoms with E-state index in [4.69, 9.17) is 14.2 Å². The number of amides is 1. The maximum absolute atomic E-state index is 12.3. The molecule has 5 rings (SSSR count). The largest absolute Gasteiger partial charge is 0.449 e. The summed E-state index contributed by atoms with van der Waals surface area (Å²) < 4.78 is 16.7. The van der Waals surface area contributed by atoms with Gasteiger partial charge in [0.2, 0.25) is 0 Å². The fourth-order valence-electron chi connectivity index (χ4n) is 4.49. The normalized spacial score (nSPS) is 15.5. The van der Waals surface area contributed by atoms with Gasteiger partial charge in [-0.1, -0.05) is 78.9 Å². The monoisotopic (exact) mass is 441 g/mol. The van der Waals surface area contributed by atoms with Crippen molar-refractivity contribution in [1.82, 2.24) is 5.32 Å². The molecule has 2 aliphatic rings. The molecule has 5 heteroatoms. The molecule has 0 unspecified atom stereocenters. The molecular weight excluding hydrogens is 414 g/mol. The molecule has 1 saturated heterocycles. The van der Waals surface area contributed by atoms with Gasteiger partial charge in [0.15, 0.2) is 6.29 Å². The molecule has 1 aliphatic heterocycles. The van der Waals surface area contributed by atoms with Gasteiger partial charge in [0.25, 0.3) is 0 Å². The van der Waals surface area contributed by atoms with Crippen molar-refractivity contribution >= 4 is 12.2 Å². The first kappa shape index (κ1) is 21.4. The first-order valence-corrected chi connectivity index (χ1v) is 11.4. The maximum Gasteiger partial charge on any atom is 0.407 e. The number of alkyl carbamates (subject to hydrolysis) is 1. The minimum Gasteiger partial charge on any atom is -0.449 e. The summed E-state index contributed by atoms with van der Waals surface area (Å²) in [6.45, 7) is 2.11. The molecule has 0 saturated carbocycles. The van der Waals surface area contributed by atoms with E-state index < -0.39 is 0 Å². The predicted octanol–water partition coefficient (Wildman–Crippen LogP) is 5.67. The van der Waals surface area contributed by atoms with Crippen molar-refractivity contribution in [3.05, 3.63) is 101 Å². The van der Waals surface area contributed by atoms with E-state index in [-0.39, 0.29) is 18.3 Å². The maximum atomic E-state index is 12.3. The summed E-state index contributed by atoms with van der Waals surface area (Å²) in [5.41, 5.74) is 6.97. The van der Waals surface area contributed by atoms with Gasteiger partial charge in [-0.2, -0.15) is 0 Å². The predicted molar refractivity (Wildman–Crippen MR) is 128 cm³/mol. The number of carbonyl (C=O) groups excluding carboxylic acids is 1. The van der Waals surface area contributed by atoms with E-state index in [9.17, 15) is 4.79 Å². The highest BCUT2D eigenvalue weighted by Crippen LogP contribution is 2.44. The second kappa shape index (κ2) is 10.0. The van der Waals surface area contributed by atoms with Gasteiger partial charge >= 0.3 is 6.09 Å². The fraction of sp³-hybridized carbons (Fsp3) is 0.250. The summed E-state index contributed by atoms with van der Waals surface area (Å²) in [6, 6.07) is 24.8. The summed E-state index contributed by atoms with van der Waals surface area (Å²) in [5, 5.41) is 2.84. The van der Waals surface area contributed by atoms with Crippen LogP contribution in [0.25, 0.3) is 17.2 Å². The van der Waals surface area contributed by atoms with Gasteiger partial charge in [0.1, 0.15) is 6.61 Å². The van der Waals surface area contributed by atoms with Crippen LogP contribution in [0.15, 0.2) is 78.9 Å². The summed E-state index contributed by atoms with van der Waals surface area (Å²) in [5.74, 6) is 0.0724. The lowest BCUT2D eigenvalue weighted by Gasteiger charge is -2.14. The summed E-state index contributed by atoms with van der Waals surface area (Å²) >= 11 is 0. The van der Waals surface area contributed by atoms with Crippen molar-refractivity contribution in [2.45, 2.75) is 18.6 Å². The number of carbonyl (C=O) groups is 1. The topological polar surface area (TPSA) is 56.8 Å². The second-order valence-electron chi connectivity index (χ2n) is 8.19. The highest BCUT2D eigenvalue weighted by atomic mass is 16.7. The molecular formula is C28H27NO4. The average molecular weight is 442 g/mol. The van der Waals surface area contributed by atoms with Gasteiger partial charge < -0.3 is 19.5 Å². The number of nitrogens with one attached hydrogen (secondary N) is 1. The molecule has 1 fully saturated rings. The van der Waals surface area contributed by atoms with Crippen LogP contribution >= 0.6 is 0 Å². The minimum absolute atomic E-state index is 0.0724. The number of hydrogen-bond donors (Lipinski definition) is 1. The number of benzene rings is 3. The molecule has 1 aliphatic carbocycles. The first-order chi connectivity index (χ1) is 16.3. The van der Waals surface area contributed by atoms with Crippen LogP contribution in [-0.4, -0.2) is 32.5 Å². The van der Waals surface area contributed by atoms with Crippen LogP contribution in [0.1, 0.15) is 40.9 Å². The Kier molecular flexibility index (Phi) is 6.51. The zero-order chi connectivity index (χ0) is 22.5. The smallest absolute Gasteiger partial charge is 0.407 e. The molecule has 3 aromatic rings. The Bertz CT molecular complexity index is 1100. The SMILES string of the molecule is O=C(NCCC=Cc1cccc(C2OCCO2)c1)OCC1c2ccccc2-c2ccccc21. The Labute approximate surface area is 194 Å². The Hall–Kier alpha value is -3.41. The van der Waals surface area contributed by atoms with Crippen LogP contribution in [0.4, 0.5) is 4.79 Å². The summed E-state index contributed by atoms with van der Waals surface area (Å²) in [7, 11) is 0. The van der Waals surface area contributed by atoms with Gasteiger partial charge in [-0.05, 0) is 40.3 Å². The molecule has 0 radical (unpaired) electrons. The van der Waals surface area contributed by atoms with E-state index in [0.717, 1.165) is 11.1 Å². The number of fused-ring (bicyclic) bond motifs is 3. The third kappa shape index (κ3) is 4.85. The van der Waals surface area contributed by atoms with E-state index >= 15 is 0 Å². The molecule has 3 aromatic carbocycles. The van der Waals surface area contributed by atoms with Crippen LogP contribution < -0.4 is 5.32 Å². The average Bonchev–Trinajstić information content (AvgIpc) is 3.50. The molecule has 0 aromatic heterocycles. The van der Waals surface area contributed by atoms with E-state index in [0.29, 0.717) is 32.8 Å². The van der Waals surface area contributed by atoms with Crippen LogP contribution in [0.3, 0.4) is 0 Å². The minimum atomic E-state index is -0.386. The highest BCUT2D eigenvalue weighted by Gasteiger charge is 2.28. The Balaban J connectivity index is 1.09. The van der Waals surface area contributed by atoms with Crippen molar-refractivity contribution in [1.29, 1.82) is 0 Å². The standard InChI is InChI=1S/C28H27NO4/c30-28(29-15-6-5-8-20-9-7-10-21(18-20)27-31-16-17-32-27)33-19-26-24-13-3-1-11-22(24)23-12-2-4-14-25(23)26/h1-5,7-14,18,26-27H,6,15-17,19H2,(H,29,30). The van der Waals surface area contributed by atoms with Gasteiger partial charge in [-0.15, -0.1) is 0 Å². The Morgan fingerprint density at radius 3 is 2.36 bits per heavy atom. The van der Waals surface area contributed by atoms with Gasteiger partial charge in [-0.3, -0.25) is 0 Å². The summed E-state index contributed by atoms with van der Waals surface area (Å²) in [6.07, 6.45) is 4.14. The zero-order valence-corrected chi connectivity index (χ0v) is 18.4. The summed E-state index contributed by atoms with van der Waals surface area (Å²) in [4.78, 5) is 12.3. The molecule has 5 nitrogen and oxygen atoms in total. The van der Waals surface area contributed by atoms with Crippen molar-refractivity contribution < 1.29 is 19.0 Å². The third-order valence-corrected chi connectivity index (χ3v) is 6.04. The molecule has 0 bridgehead atoms. The third-order valence-electron chi connectivity index (χ3n) is 6.04. The Morgan fingerprint density at radius 1 is 0.939 bits per heavy atom. The molecule has 0 atom stereocenters. The lowest BCUT2D eigenvalue weighted by molar-refractivity contribution is -0.0441. The quantitative estimate of drug-likeness (QED) is 0.480. The van der Waals surface area contributed by atoms with Gasteiger partial charge in [0, 0.05) is 18.0 Å². The van der Waals surface area contributed by atoms with E-state index in [2.05, 4.69) is 35.6 Å². The molecule has 1 heterocycles. The van der Waals surface area contributed by atoms with Crippen LogP contribution in [0.5, 0.6) is 0 Å². The Morgan fingerprint density at radius 2 is 1.64 bits per heavy atom. The van der Waals surface area contributed by atoms with E-state index in [1.54, 1.807) is 0 Å². The highest BCUT2D eigenvalue weighted by molar-refractivity contribution is 5.79. The first-order valence-electron chi connectivity index (χ1n) is 11.4. The lowest BCUT2D eigenvalue weighted by atomic mass is 9.98. The second-order valence-corrected chi connectivity index (χ2v) is 8.19.